The molecule has 0 radical (unpaired) electrons. The molecule has 1 aliphatic rings. The molecule has 2 rings (SSSR count). The maximum absolute atomic E-state index is 5.22. The molecule has 142 valence electrons. The average Bonchev–Trinajstić information content (AvgIpc) is 3.13. The van der Waals surface area contributed by atoms with Crippen LogP contribution in [0, 0.1) is 13.8 Å². The van der Waals surface area contributed by atoms with Gasteiger partial charge in [-0.15, -0.1) is 0 Å². The van der Waals surface area contributed by atoms with E-state index in [4.69, 9.17) is 9.73 Å². The highest BCUT2D eigenvalue weighted by Gasteiger charge is 2.24. The highest BCUT2D eigenvalue weighted by atomic mass is 16.5. The number of likely N-dealkylation sites (tertiary alicyclic amines) is 1. The summed E-state index contributed by atoms with van der Waals surface area (Å²) in [6.07, 6.45) is 2.49. The summed E-state index contributed by atoms with van der Waals surface area (Å²) in [7, 11) is 3.75. The molecule has 0 aromatic carbocycles. The Morgan fingerprint density at radius 1 is 1.36 bits per heavy atom. The van der Waals surface area contributed by atoms with Gasteiger partial charge in [-0.05, 0) is 40.2 Å². The van der Waals surface area contributed by atoms with E-state index in [1.54, 1.807) is 7.11 Å². The molecule has 1 aliphatic heterocycles. The molecular weight excluding hydrogens is 316 g/mol. The Morgan fingerprint density at radius 3 is 2.80 bits per heavy atom. The van der Waals surface area contributed by atoms with E-state index in [0.717, 1.165) is 44.4 Å². The number of nitrogens with zero attached hydrogens (tertiary/aromatic N) is 4. The maximum Gasteiger partial charge on any atom is 0.191 e. The first-order valence-corrected chi connectivity index (χ1v) is 9.31. The first-order valence-electron chi connectivity index (χ1n) is 9.31. The highest BCUT2D eigenvalue weighted by molar-refractivity contribution is 5.79. The fraction of sp³-hybridized carbons (Fsp3) is 0.778. The van der Waals surface area contributed by atoms with Crippen molar-refractivity contribution in [2.45, 2.75) is 46.2 Å². The van der Waals surface area contributed by atoms with Gasteiger partial charge in [0.05, 0.1) is 18.8 Å². The fourth-order valence-corrected chi connectivity index (χ4v) is 3.39. The second-order valence-electron chi connectivity index (χ2n) is 6.67. The van der Waals surface area contributed by atoms with Crippen LogP contribution in [0.25, 0.3) is 0 Å². The fourth-order valence-electron chi connectivity index (χ4n) is 3.39. The van der Waals surface area contributed by atoms with Crippen LogP contribution in [0.4, 0.5) is 0 Å². The molecule has 1 unspecified atom stereocenters. The van der Waals surface area contributed by atoms with Gasteiger partial charge in [0.2, 0.25) is 0 Å². The summed E-state index contributed by atoms with van der Waals surface area (Å²) in [5.74, 6) is 0.878. The smallest absolute Gasteiger partial charge is 0.191 e. The van der Waals surface area contributed by atoms with E-state index in [2.05, 4.69) is 34.5 Å². The standard InChI is InChI=1S/C18H34N6O/c1-6-19-18(21-13-17-14(2)22-23(4)15(17)3)20-12-16-8-7-9-24(16)10-11-25-5/h16H,6-13H2,1-5H3,(H2,19,20,21). The third-order valence-electron chi connectivity index (χ3n) is 4.99. The van der Waals surface area contributed by atoms with Crippen molar-refractivity contribution in [3.63, 3.8) is 0 Å². The van der Waals surface area contributed by atoms with Crippen molar-refractivity contribution in [3.05, 3.63) is 17.0 Å². The molecule has 7 heteroatoms. The largest absolute Gasteiger partial charge is 0.383 e. The van der Waals surface area contributed by atoms with Crippen molar-refractivity contribution in [2.75, 3.05) is 39.9 Å². The predicted octanol–water partition coefficient (Wildman–Crippen LogP) is 1.20. The first-order chi connectivity index (χ1) is 12.1. The molecule has 2 N–H and O–H groups in total. The summed E-state index contributed by atoms with van der Waals surface area (Å²) < 4.78 is 7.15. The number of aliphatic imine (C=N–C) groups is 1. The minimum Gasteiger partial charge on any atom is -0.383 e. The molecule has 1 fully saturated rings. The lowest BCUT2D eigenvalue weighted by molar-refractivity contribution is 0.141. The Hall–Kier alpha value is -1.60. The van der Waals surface area contributed by atoms with Gasteiger partial charge >= 0.3 is 0 Å². The van der Waals surface area contributed by atoms with Crippen LogP contribution in [0.15, 0.2) is 4.99 Å². The van der Waals surface area contributed by atoms with Gasteiger partial charge in [0.25, 0.3) is 0 Å². The second-order valence-corrected chi connectivity index (χ2v) is 6.67. The predicted molar refractivity (Wildman–Crippen MR) is 102 cm³/mol. The maximum atomic E-state index is 5.22. The number of methoxy groups -OCH3 is 1. The Morgan fingerprint density at radius 2 is 2.16 bits per heavy atom. The van der Waals surface area contributed by atoms with Crippen molar-refractivity contribution in [3.8, 4) is 0 Å². The van der Waals surface area contributed by atoms with Gasteiger partial charge in [0.15, 0.2) is 5.96 Å². The van der Waals surface area contributed by atoms with Crippen LogP contribution in [0.3, 0.4) is 0 Å². The third kappa shape index (κ3) is 5.44. The number of hydrogen-bond donors (Lipinski definition) is 2. The lowest BCUT2D eigenvalue weighted by Crippen LogP contribution is -2.45. The van der Waals surface area contributed by atoms with Gasteiger partial charge in [-0.3, -0.25) is 9.58 Å². The van der Waals surface area contributed by atoms with Crippen LogP contribution >= 0.6 is 0 Å². The molecule has 0 aliphatic carbocycles. The monoisotopic (exact) mass is 350 g/mol. The zero-order chi connectivity index (χ0) is 18.2. The van der Waals surface area contributed by atoms with Gasteiger partial charge in [-0.2, -0.15) is 5.10 Å². The van der Waals surface area contributed by atoms with Crippen LogP contribution in [-0.4, -0.2) is 66.6 Å². The van der Waals surface area contributed by atoms with Crippen LogP contribution in [0.1, 0.15) is 36.7 Å². The van der Waals surface area contributed by atoms with E-state index in [1.807, 2.05) is 18.7 Å². The van der Waals surface area contributed by atoms with Gasteiger partial charge in [-0.25, -0.2) is 4.99 Å². The molecule has 1 saturated heterocycles. The average molecular weight is 351 g/mol. The Labute approximate surface area is 151 Å². The SMILES string of the molecule is CCNC(=NCc1c(C)nn(C)c1C)NCC1CCCN1CCOC. The molecule has 0 saturated carbocycles. The van der Waals surface area contributed by atoms with Gasteiger partial charge in [0.1, 0.15) is 0 Å². The number of aryl methyl sites for hydroxylation is 2. The number of ether oxygens (including phenoxy) is 1. The minimum absolute atomic E-state index is 0.556. The second kappa shape index (κ2) is 9.77. The summed E-state index contributed by atoms with van der Waals surface area (Å²) >= 11 is 0. The summed E-state index contributed by atoms with van der Waals surface area (Å²) in [6, 6.07) is 0.556. The molecule has 1 aromatic heterocycles. The number of nitrogens with one attached hydrogen (secondary N) is 2. The van der Waals surface area contributed by atoms with E-state index in [1.165, 1.54) is 24.1 Å². The van der Waals surface area contributed by atoms with E-state index in [0.29, 0.717) is 12.6 Å². The van der Waals surface area contributed by atoms with Crippen molar-refractivity contribution >= 4 is 5.96 Å². The van der Waals surface area contributed by atoms with Crippen LogP contribution < -0.4 is 10.6 Å². The molecule has 25 heavy (non-hydrogen) atoms. The zero-order valence-corrected chi connectivity index (χ0v) is 16.4. The third-order valence-corrected chi connectivity index (χ3v) is 4.99. The zero-order valence-electron chi connectivity index (χ0n) is 16.4. The number of rotatable bonds is 8. The van der Waals surface area contributed by atoms with E-state index >= 15 is 0 Å². The molecule has 0 bridgehead atoms. The van der Waals surface area contributed by atoms with Crippen molar-refractivity contribution in [1.29, 1.82) is 0 Å². The van der Waals surface area contributed by atoms with Crippen LogP contribution in [0.5, 0.6) is 0 Å². The quantitative estimate of drug-likeness (QED) is 0.545. The summed E-state index contributed by atoms with van der Waals surface area (Å²) in [5, 5.41) is 11.3. The lowest BCUT2D eigenvalue weighted by atomic mass is 10.2. The molecule has 1 aromatic rings. The summed E-state index contributed by atoms with van der Waals surface area (Å²) in [5.41, 5.74) is 3.45. The van der Waals surface area contributed by atoms with Crippen molar-refractivity contribution in [1.82, 2.24) is 25.3 Å². The molecule has 7 nitrogen and oxygen atoms in total. The Bertz CT molecular complexity index is 568. The topological polar surface area (TPSA) is 66.7 Å². The van der Waals surface area contributed by atoms with Crippen molar-refractivity contribution < 1.29 is 4.74 Å². The lowest BCUT2D eigenvalue weighted by Gasteiger charge is -2.25. The van der Waals surface area contributed by atoms with Crippen molar-refractivity contribution in [2.24, 2.45) is 12.0 Å². The number of hydrogen-bond acceptors (Lipinski definition) is 4. The minimum atomic E-state index is 0.556. The normalized spacial score (nSPS) is 18.8. The highest BCUT2D eigenvalue weighted by Crippen LogP contribution is 2.16. The van der Waals surface area contributed by atoms with E-state index < -0.39 is 0 Å². The summed E-state index contributed by atoms with van der Waals surface area (Å²) in [6.45, 7) is 11.6. The van der Waals surface area contributed by atoms with Gasteiger partial charge in [-0.1, -0.05) is 0 Å². The summed E-state index contributed by atoms with van der Waals surface area (Å²) in [4.78, 5) is 7.27. The van der Waals surface area contributed by atoms with Gasteiger partial charge in [0, 0.05) is 51.1 Å². The molecule has 2 heterocycles. The Kier molecular flexibility index (Phi) is 7.71. The van der Waals surface area contributed by atoms with Crippen LogP contribution in [0.2, 0.25) is 0 Å². The van der Waals surface area contributed by atoms with Crippen LogP contribution in [-0.2, 0) is 18.3 Å². The van der Waals surface area contributed by atoms with E-state index in [9.17, 15) is 0 Å². The molecule has 0 spiro atoms. The molecule has 1 atom stereocenters. The molecular formula is C18H34N6O. The van der Waals surface area contributed by atoms with Gasteiger partial charge < -0.3 is 15.4 Å². The number of aromatic nitrogens is 2. The number of guanidine groups is 1. The Balaban J connectivity index is 1.93. The van der Waals surface area contributed by atoms with E-state index in [-0.39, 0.29) is 0 Å². The first kappa shape index (κ1) is 19.7. The molecule has 0 amide bonds.